The van der Waals surface area contributed by atoms with Gasteiger partial charge in [0, 0.05) is 5.69 Å². The van der Waals surface area contributed by atoms with Gasteiger partial charge in [-0.1, -0.05) is 0 Å². The third-order valence-electron chi connectivity index (χ3n) is 3.07. The summed E-state index contributed by atoms with van der Waals surface area (Å²) in [6.45, 7) is 2.15. The molecular formula is C16H16FNO5. The van der Waals surface area contributed by atoms with Crippen molar-refractivity contribution < 1.29 is 27.9 Å². The topological polar surface area (TPSA) is 77.8 Å². The molecule has 0 unspecified atom stereocenters. The van der Waals surface area contributed by atoms with Crippen LogP contribution in [0.3, 0.4) is 0 Å². The molecule has 0 bridgehead atoms. The predicted molar refractivity (Wildman–Crippen MR) is 79.7 cm³/mol. The molecule has 0 atom stereocenters. The Morgan fingerprint density at radius 2 is 2.00 bits per heavy atom. The van der Waals surface area contributed by atoms with Crippen molar-refractivity contribution in [2.75, 3.05) is 19.0 Å². The van der Waals surface area contributed by atoms with Crippen LogP contribution in [-0.4, -0.2) is 25.7 Å². The lowest BCUT2D eigenvalue weighted by atomic mass is 10.2. The summed E-state index contributed by atoms with van der Waals surface area (Å²) in [5.41, 5.74) is 0.621. The highest BCUT2D eigenvalue weighted by molar-refractivity contribution is 5.91. The van der Waals surface area contributed by atoms with Gasteiger partial charge >= 0.3 is 11.9 Å². The molecule has 0 aliphatic rings. The number of nitrogens with one attached hydrogen (secondary N) is 1. The summed E-state index contributed by atoms with van der Waals surface area (Å²) in [6, 6.07) is 5.46. The Morgan fingerprint density at radius 3 is 2.70 bits per heavy atom. The monoisotopic (exact) mass is 321 g/mol. The van der Waals surface area contributed by atoms with E-state index in [1.165, 1.54) is 31.6 Å². The molecular weight excluding hydrogens is 305 g/mol. The molecule has 1 heterocycles. The van der Waals surface area contributed by atoms with Gasteiger partial charge in [0.25, 0.3) is 0 Å². The number of halogens is 1. The Balaban J connectivity index is 2.12. The molecule has 0 aliphatic heterocycles. The van der Waals surface area contributed by atoms with E-state index in [4.69, 9.17) is 9.15 Å². The fourth-order valence-electron chi connectivity index (χ4n) is 1.95. The van der Waals surface area contributed by atoms with E-state index < -0.39 is 17.8 Å². The molecule has 0 spiro atoms. The van der Waals surface area contributed by atoms with Crippen molar-refractivity contribution in [1.29, 1.82) is 0 Å². The van der Waals surface area contributed by atoms with E-state index in [9.17, 15) is 14.0 Å². The van der Waals surface area contributed by atoms with Crippen LogP contribution in [0.15, 0.2) is 34.9 Å². The summed E-state index contributed by atoms with van der Waals surface area (Å²) in [5.74, 6) is -1.54. The first kappa shape index (κ1) is 16.5. The lowest BCUT2D eigenvalue weighted by Gasteiger charge is -2.08. The molecule has 0 fully saturated rings. The van der Waals surface area contributed by atoms with Gasteiger partial charge < -0.3 is 19.2 Å². The second-order valence-corrected chi connectivity index (χ2v) is 4.52. The van der Waals surface area contributed by atoms with Crippen LogP contribution >= 0.6 is 0 Å². The van der Waals surface area contributed by atoms with Gasteiger partial charge in [0.05, 0.1) is 32.1 Å². The zero-order chi connectivity index (χ0) is 16.8. The second kappa shape index (κ2) is 7.44. The van der Waals surface area contributed by atoms with Gasteiger partial charge in [-0.25, -0.2) is 14.0 Å². The van der Waals surface area contributed by atoms with Crippen LogP contribution in [0.25, 0.3) is 0 Å². The molecule has 6 nitrogen and oxygen atoms in total. The SMILES string of the molecule is CCOC(=O)c1ccoc1CNc1ccc(F)c(C(=O)OC)c1. The molecule has 0 aliphatic carbocycles. The van der Waals surface area contributed by atoms with Crippen LogP contribution in [0.5, 0.6) is 0 Å². The fourth-order valence-corrected chi connectivity index (χ4v) is 1.95. The molecule has 2 aromatic rings. The van der Waals surface area contributed by atoms with Gasteiger partial charge in [-0.15, -0.1) is 0 Å². The standard InChI is InChI=1S/C16H16FNO5/c1-3-22-16(20)11-6-7-23-14(11)9-18-10-4-5-13(17)12(8-10)15(19)21-2/h4-8,18H,3,9H2,1-2H3. The summed E-state index contributed by atoms with van der Waals surface area (Å²) in [5, 5.41) is 2.96. The number of methoxy groups -OCH3 is 1. The highest BCUT2D eigenvalue weighted by atomic mass is 19.1. The molecule has 1 aromatic heterocycles. The molecule has 0 amide bonds. The number of esters is 2. The summed E-state index contributed by atoms with van der Waals surface area (Å²) < 4.78 is 28.3. The van der Waals surface area contributed by atoms with E-state index >= 15 is 0 Å². The fraction of sp³-hybridized carbons (Fsp3) is 0.250. The summed E-state index contributed by atoms with van der Waals surface area (Å²) in [6.07, 6.45) is 1.38. The van der Waals surface area contributed by atoms with Crippen LogP contribution in [0.1, 0.15) is 33.4 Å². The largest absolute Gasteiger partial charge is 0.467 e. The summed E-state index contributed by atoms with van der Waals surface area (Å²) in [7, 11) is 1.18. The average molecular weight is 321 g/mol. The Hall–Kier alpha value is -2.83. The van der Waals surface area contributed by atoms with Gasteiger partial charge in [-0.05, 0) is 31.2 Å². The number of rotatable bonds is 6. The molecule has 1 aromatic carbocycles. The Kier molecular flexibility index (Phi) is 5.35. The van der Waals surface area contributed by atoms with Crippen LogP contribution < -0.4 is 5.32 Å². The molecule has 23 heavy (non-hydrogen) atoms. The maximum atomic E-state index is 13.6. The van der Waals surface area contributed by atoms with Crippen molar-refractivity contribution in [3.05, 3.63) is 53.2 Å². The minimum atomic E-state index is -0.767. The number of benzene rings is 1. The first-order valence-electron chi connectivity index (χ1n) is 6.92. The first-order valence-corrected chi connectivity index (χ1v) is 6.92. The lowest BCUT2D eigenvalue weighted by molar-refractivity contribution is 0.0522. The predicted octanol–water partition coefficient (Wildman–Crippen LogP) is 2.99. The quantitative estimate of drug-likeness (QED) is 0.824. The number of ether oxygens (including phenoxy) is 2. The van der Waals surface area contributed by atoms with Crippen molar-refractivity contribution in [3.8, 4) is 0 Å². The molecule has 0 saturated carbocycles. The number of carbonyl (C=O) groups excluding carboxylic acids is 2. The maximum Gasteiger partial charge on any atom is 0.341 e. The maximum absolute atomic E-state index is 13.6. The Morgan fingerprint density at radius 1 is 1.22 bits per heavy atom. The third kappa shape index (κ3) is 3.88. The van der Waals surface area contributed by atoms with Gasteiger partial charge in [0.1, 0.15) is 17.1 Å². The molecule has 2 rings (SSSR count). The van der Waals surface area contributed by atoms with Crippen molar-refractivity contribution >= 4 is 17.6 Å². The van der Waals surface area contributed by atoms with Gasteiger partial charge in [-0.2, -0.15) is 0 Å². The summed E-state index contributed by atoms with van der Waals surface area (Å²) in [4.78, 5) is 23.2. The number of anilines is 1. The van der Waals surface area contributed by atoms with E-state index in [1.807, 2.05) is 0 Å². The molecule has 7 heteroatoms. The highest BCUT2D eigenvalue weighted by Gasteiger charge is 2.16. The summed E-state index contributed by atoms with van der Waals surface area (Å²) >= 11 is 0. The minimum absolute atomic E-state index is 0.174. The number of carbonyl (C=O) groups is 2. The van der Waals surface area contributed by atoms with E-state index in [2.05, 4.69) is 10.1 Å². The van der Waals surface area contributed by atoms with E-state index in [0.717, 1.165) is 6.07 Å². The molecule has 0 radical (unpaired) electrons. The smallest absolute Gasteiger partial charge is 0.341 e. The number of furan rings is 1. The van der Waals surface area contributed by atoms with Gasteiger partial charge in [0.15, 0.2) is 0 Å². The molecule has 0 saturated heterocycles. The number of hydrogen-bond donors (Lipinski definition) is 1. The minimum Gasteiger partial charge on any atom is -0.467 e. The van der Waals surface area contributed by atoms with Crippen molar-refractivity contribution in [2.24, 2.45) is 0 Å². The number of hydrogen-bond acceptors (Lipinski definition) is 6. The normalized spacial score (nSPS) is 10.2. The van der Waals surface area contributed by atoms with Crippen LogP contribution in [-0.2, 0) is 16.0 Å². The Bertz CT molecular complexity index is 710. The highest BCUT2D eigenvalue weighted by Crippen LogP contribution is 2.18. The average Bonchev–Trinajstić information content (AvgIpc) is 3.02. The second-order valence-electron chi connectivity index (χ2n) is 4.52. The van der Waals surface area contributed by atoms with Crippen molar-refractivity contribution in [3.63, 3.8) is 0 Å². The zero-order valence-corrected chi connectivity index (χ0v) is 12.7. The van der Waals surface area contributed by atoms with Crippen molar-refractivity contribution in [2.45, 2.75) is 13.5 Å². The zero-order valence-electron chi connectivity index (χ0n) is 12.7. The first-order chi connectivity index (χ1) is 11.1. The Labute approximate surface area is 132 Å². The van der Waals surface area contributed by atoms with Crippen LogP contribution in [0.2, 0.25) is 0 Å². The van der Waals surface area contributed by atoms with E-state index in [-0.39, 0.29) is 18.7 Å². The van der Waals surface area contributed by atoms with Crippen molar-refractivity contribution in [1.82, 2.24) is 0 Å². The molecule has 1 N–H and O–H groups in total. The van der Waals surface area contributed by atoms with Crippen LogP contribution in [0.4, 0.5) is 10.1 Å². The van der Waals surface area contributed by atoms with E-state index in [0.29, 0.717) is 17.0 Å². The van der Waals surface area contributed by atoms with Crippen LogP contribution in [0, 0.1) is 5.82 Å². The molecule has 122 valence electrons. The lowest BCUT2D eigenvalue weighted by Crippen LogP contribution is -2.09. The van der Waals surface area contributed by atoms with Gasteiger partial charge in [0.2, 0.25) is 0 Å². The third-order valence-corrected chi connectivity index (χ3v) is 3.07. The van der Waals surface area contributed by atoms with E-state index in [1.54, 1.807) is 6.92 Å². The van der Waals surface area contributed by atoms with Gasteiger partial charge in [-0.3, -0.25) is 0 Å².